The van der Waals surface area contributed by atoms with Crippen molar-refractivity contribution in [2.24, 2.45) is 5.92 Å². The number of halogens is 1. The van der Waals surface area contributed by atoms with Crippen molar-refractivity contribution in [2.75, 3.05) is 19.7 Å². The first-order valence-electron chi connectivity index (χ1n) is 5.89. The number of piperidine rings is 1. The van der Waals surface area contributed by atoms with Crippen LogP contribution in [0.2, 0.25) is 0 Å². The minimum Gasteiger partial charge on any atom is -0.396 e. The first kappa shape index (κ1) is 12.1. The highest BCUT2D eigenvalue weighted by Crippen LogP contribution is 2.33. The zero-order valence-electron chi connectivity index (χ0n) is 9.32. The minimum atomic E-state index is 0.231. The van der Waals surface area contributed by atoms with E-state index < -0.39 is 0 Å². The Labute approximate surface area is 105 Å². The van der Waals surface area contributed by atoms with E-state index in [0.717, 1.165) is 17.6 Å². The average Bonchev–Trinajstić information content (AvgIpc) is 2.34. The van der Waals surface area contributed by atoms with Gasteiger partial charge in [0.1, 0.15) is 0 Å². The summed E-state index contributed by atoms with van der Waals surface area (Å²) in [5.41, 5.74) is 1.23. The van der Waals surface area contributed by atoms with Gasteiger partial charge in [-0.2, -0.15) is 0 Å². The fourth-order valence-electron chi connectivity index (χ4n) is 2.50. The standard InChI is InChI=1S/C13H18BrNO/c14-13-6-2-1-5-11(13)12(9-16)10-4-3-7-15-8-10/h1-2,5-6,10,12,15-16H,3-4,7-9H2. The number of hydrogen-bond acceptors (Lipinski definition) is 2. The molecule has 2 N–H and O–H groups in total. The van der Waals surface area contributed by atoms with E-state index >= 15 is 0 Å². The second-order valence-electron chi connectivity index (χ2n) is 4.42. The fraction of sp³-hybridized carbons (Fsp3) is 0.538. The van der Waals surface area contributed by atoms with Gasteiger partial charge >= 0.3 is 0 Å². The molecule has 1 aromatic rings. The summed E-state index contributed by atoms with van der Waals surface area (Å²) in [5.74, 6) is 0.806. The van der Waals surface area contributed by atoms with Gasteiger partial charge in [0.25, 0.3) is 0 Å². The van der Waals surface area contributed by atoms with Crippen molar-refractivity contribution in [2.45, 2.75) is 18.8 Å². The number of aliphatic hydroxyl groups is 1. The maximum Gasteiger partial charge on any atom is 0.0503 e. The first-order valence-corrected chi connectivity index (χ1v) is 6.68. The molecule has 0 bridgehead atoms. The highest BCUT2D eigenvalue weighted by Gasteiger charge is 2.25. The lowest BCUT2D eigenvalue weighted by atomic mass is 9.82. The summed E-state index contributed by atoms with van der Waals surface area (Å²) in [6.07, 6.45) is 2.42. The molecular weight excluding hydrogens is 266 g/mol. The van der Waals surface area contributed by atoms with Crippen LogP contribution in [0.25, 0.3) is 0 Å². The Morgan fingerprint density at radius 3 is 2.88 bits per heavy atom. The quantitative estimate of drug-likeness (QED) is 0.894. The molecule has 1 fully saturated rings. The maximum atomic E-state index is 9.61. The van der Waals surface area contributed by atoms with Crippen LogP contribution in [0.3, 0.4) is 0 Å². The van der Waals surface area contributed by atoms with Crippen LogP contribution in [0.1, 0.15) is 24.3 Å². The van der Waals surface area contributed by atoms with Crippen molar-refractivity contribution >= 4 is 15.9 Å². The topological polar surface area (TPSA) is 32.3 Å². The zero-order chi connectivity index (χ0) is 11.4. The van der Waals surface area contributed by atoms with Gasteiger partial charge in [-0.25, -0.2) is 0 Å². The van der Waals surface area contributed by atoms with Gasteiger partial charge in [-0.3, -0.25) is 0 Å². The Kier molecular flexibility index (Phi) is 4.38. The molecule has 1 heterocycles. The van der Waals surface area contributed by atoms with Crippen molar-refractivity contribution in [3.8, 4) is 0 Å². The predicted molar refractivity (Wildman–Crippen MR) is 69.6 cm³/mol. The normalized spacial score (nSPS) is 23.0. The molecule has 0 aromatic heterocycles. The molecule has 2 nitrogen and oxygen atoms in total. The average molecular weight is 284 g/mol. The van der Waals surface area contributed by atoms with E-state index in [0.29, 0.717) is 5.92 Å². The molecule has 0 saturated carbocycles. The Morgan fingerprint density at radius 1 is 1.44 bits per heavy atom. The minimum absolute atomic E-state index is 0.231. The van der Waals surface area contributed by atoms with Crippen LogP contribution < -0.4 is 5.32 Å². The van der Waals surface area contributed by atoms with E-state index in [-0.39, 0.29) is 12.5 Å². The van der Waals surface area contributed by atoms with E-state index in [9.17, 15) is 5.11 Å². The fourth-order valence-corrected chi connectivity index (χ4v) is 3.08. The molecule has 0 spiro atoms. The number of aliphatic hydroxyl groups excluding tert-OH is 1. The number of benzene rings is 1. The Bertz CT molecular complexity index is 336. The molecule has 1 saturated heterocycles. The van der Waals surface area contributed by atoms with Crippen molar-refractivity contribution in [3.05, 3.63) is 34.3 Å². The lowest BCUT2D eigenvalue weighted by Gasteiger charge is -2.30. The van der Waals surface area contributed by atoms with E-state index in [1.54, 1.807) is 0 Å². The van der Waals surface area contributed by atoms with Crippen LogP contribution in [0.4, 0.5) is 0 Å². The third-order valence-electron chi connectivity index (χ3n) is 3.41. The summed E-state index contributed by atoms with van der Waals surface area (Å²) in [4.78, 5) is 0. The van der Waals surface area contributed by atoms with Gasteiger partial charge in [0, 0.05) is 10.4 Å². The second-order valence-corrected chi connectivity index (χ2v) is 5.27. The Balaban J connectivity index is 2.18. The molecule has 1 aliphatic heterocycles. The Morgan fingerprint density at radius 2 is 2.25 bits per heavy atom. The molecule has 2 unspecified atom stereocenters. The molecule has 0 radical (unpaired) electrons. The van der Waals surface area contributed by atoms with Gasteiger partial charge in [-0.05, 0) is 43.5 Å². The van der Waals surface area contributed by atoms with Gasteiger partial charge in [0.05, 0.1) is 6.61 Å². The third-order valence-corrected chi connectivity index (χ3v) is 4.13. The summed E-state index contributed by atoms with van der Waals surface area (Å²) in [5, 5.41) is 13.0. The molecule has 3 heteroatoms. The van der Waals surface area contributed by atoms with Gasteiger partial charge < -0.3 is 10.4 Å². The molecule has 16 heavy (non-hydrogen) atoms. The number of nitrogens with one attached hydrogen (secondary N) is 1. The largest absolute Gasteiger partial charge is 0.396 e. The van der Waals surface area contributed by atoms with Gasteiger partial charge in [-0.15, -0.1) is 0 Å². The molecule has 2 rings (SSSR count). The SMILES string of the molecule is OCC(c1ccccc1Br)C1CCCNC1. The van der Waals surface area contributed by atoms with Crippen LogP contribution in [0, 0.1) is 5.92 Å². The highest BCUT2D eigenvalue weighted by atomic mass is 79.9. The smallest absolute Gasteiger partial charge is 0.0503 e. The summed E-state index contributed by atoms with van der Waals surface area (Å²) in [6.45, 7) is 2.37. The van der Waals surface area contributed by atoms with Crippen LogP contribution >= 0.6 is 15.9 Å². The van der Waals surface area contributed by atoms with Gasteiger partial charge in [0.15, 0.2) is 0 Å². The van der Waals surface area contributed by atoms with E-state index in [4.69, 9.17) is 0 Å². The van der Waals surface area contributed by atoms with Crippen molar-refractivity contribution in [1.29, 1.82) is 0 Å². The summed E-state index contributed by atoms with van der Waals surface area (Å²) < 4.78 is 1.11. The van der Waals surface area contributed by atoms with Gasteiger partial charge in [0.2, 0.25) is 0 Å². The molecule has 1 aromatic carbocycles. The van der Waals surface area contributed by atoms with Crippen LogP contribution in [0.15, 0.2) is 28.7 Å². The predicted octanol–water partition coefficient (Wildman–Crippen LogP) is 2.52. The van der Waals surface area contributed by atoms with E-state index in [2.05, 4.69) is 27.3 Å². The molecule has 0 aliphatic carbocycles. The molecule has 2 atom stereocenters. The number of hydrogen-bond donors (Lipinski definition) is 2. The summed E-state index contributed by atoms with van der Waals surface area (Å²) in [6, 6.07) is 8.22. The lowest BCUT2D eigenvalue weighted by molar-refractivity contribution is 0.203. The van der Waals surface area contributed by atoms with E-state index in [1.165, 1.54) is 18.4 Å². The van der Waals surface area contributed by atoms with Crippen molar-refractivity contribution < 1.29 is 5.11 Å². The van der Waals surface area contributed by atoms with Crippen molar-refractivity contribution in [3.63, 3.8) is 0 Å². The maximum absolute atomic E-state index is 9.61. The van der Waals surface area contributed by atoms with E-state index in [1.807, 2.05) is 18.2 Å². The Hall–Kier alpha value is -0.380. The second kappa shape index (κ2) is 5.80. The highest BCUT2D eigenvalue weighted by molar-refractivity contribution is 9.10. The molecule has 0 amide bonds. The summed E-state index contributed by atoms with van der Waals surface area (Å²) in [7, 11) is 0. The van der Waals surface area contributed by atoms with Crippen LogP contribution in [-0.2, 0) is 0 Å². The molecule has 88 valence electrons. The lowest BCUT2D eigenvalue weighted by Crippen LogP contribution is -2.34. The van der Waals surface area contributed by atoms with Gasteiger partial charge in [-0.1, -0.05) is 34.1 Å². The zero-order valence-corrected chi connectivity index (χ0v) is 10.9. The van der Waals surface area contributed by atoms with Crippen molar-refractivity contribution in [1.82, 2.24) is 5.32 Å². The third kappa shape index (κ3) is 2.65. The number of rotatable bonds is 3. The molecular formula is C13H18BrNO. The first-order chi connectivity index (χ1) is 7.83. The van der Waals surface area contributed by atoms with Crippen LogP contribution in [-0.4, -0.2) is 24.8 Å². The summed E-state index contributed by atoms with van der Waals surface area (Å²) >= 11 is 3.57. The monoisotopic (exact) mass is 283 g/mol. The van der Waals surface area contributed by atoms with Crippen LogP contribution in [0.5, 0.6) is 0 Å². The molecule has 1 aliphatic rings.